The number of rotatable bonds is 3. The number of anilines is 3. The van der Waals surface area contributed by atoms with Gasteiger partial charge in [-0.25, -0.2) is 0 Å². The second-order valence-electron chi connectivity index (χ2n) is 12.6. The van der Waals surface area contributed by atoms with Crippen molar-refractivity contribution in [1.29, 1.82) is 0 Å². The number of aryl methyl sites for hydroxylation is 3. The van der Waals surface area contributed by atoms with E-state index in [0.717, 1.165) is 16.9 Å². The van der Waals surface area contributed by atoms with Gasteiger partial charge in [0.2, 0.25) is 0 Å². The summed E-state index contributed by atoms with van der Waals surface area (Å²) < 4.78 is 2.40. The molecule has 3 aromatic heterocycles. The maximum Gasteiger partial charge on any atom is 3.00 e. The van der Waals surface area contributed by atoms with Crippen molar-refractivity contribution in [2.24, 2.45) is 0 Å². The van der Waals surface area contributed by atoms with E-state index >= 15 is 0 Å². The number of para-hydroxylation sites is 4. The Morgan fingerprint density at radius 3 is 2.23 bits per heavy atom. The standard InChI is InChI=1S/C28H21N3.C14H14N.Ir/c1-18(2)29-17-30(27-13-6-5-12-26(27)29)19-14-15-25-23(16-19)22-10-7-9-21-20-8-3-4-11-24(20)31(25)28(21)22;1-10-4-6-13(7-5-10)14-8-11(2)12(3)9-15-14;/h3-15,17-18H,1-2H3;4-6,8-9H,1-3H3;/q-2;-1;+3. The molecule has 0 fully saturated rings. The summed E-state index contributed by atoms with van der Waals surface area (Å²) in [4.78, 5) is 9.00. The number of hydrogen-bond donors (Lipinski definition) is 0. The Morgan fingerprint density at radius 2 is 1.47 bits per heavy atom. The van der Waals surface area contributed by atoms with Crippen LogP contribution in [-0.4, -0.2) is 15.4 Å². The first-order valence-corrected chi connectivity index (χ1v) is 15.9. The molecule has 8 aromatic rings. The van der Waals surface area contributed by atoms with Crippen LogP contribution < -0.4 is 9.80 Å². The quantitative estimate of drug-likeness (QED) is 0.167. The molecule has 47 heavy (non-hydrogen) atoms. The zero-order valence-electron chi connectivity index (χ0n) is 27.2. The Kier molecular flexibility index (Phi) is 7.99. The topological polar surface area (TPSA) is 23.8 Å². The van der Waals surface area contributed by atoms with Crippen molar-refractivity contribution in [3.63, 3.8) is 0 Å². The Morgan fingerprint density at radius 1 is 0.723 bits per heavy atom. The largest absolute Gasteiger partial charge is 3.00 e. The van der Waals surface area contributed by atoms with Gasteiger partial charge in [0.05, 0.1) is 0 Å². The van der Waals surface area contributed by atoms with Crippen molar-refractivity contribution < 1.29 is 20.1 Å². The molecule has 9 rings (SSSR count). The molecular formula is C42H35IrN4. The van der Waals surface area contributed by atoms with Gasteiger partial charge in [-0.15, -0.1) is 59.0 Å². The van der Waals surface area contributed by atoms with Crippen LogP contribution in [0, 0.1) is 39.6 Å². The molecule has 0 spiro atoms. The number of benzene rings is 5. The van der Waals surface area contributed by atoms with Crippen molar-refractivity contribution in [3.05, 3.63) is 145 Å². The smallest absolute Gasteiger partial charge is 0.499 e. The van der Waals surface area contributed by atoms with Gasteiger partial charge >= 0.3 is 20.1 Å². The number of pyridine rings is 1. The van der Waals surface area contributed by atoms with E-state index in [4.69, 9.17) is 0 Å². The summed E-state index contributed by atoms with van der Waals surface area (Å²) in [6, 6.07) is 44.0. The van der Waals surface area contributed by atoms with Gasteiger partial charge in [0, 0.05) is 34.0 Å². The van der Waals surface area contributed by atoms with Crippen LogP contribution in [-0.2, 0) is 20.1 Å². The molecule has 0 saturated carbocycles. The van der Waals surface area contributed by atoms with E-state index in [-0.39, 0.29) is 20.1 Å². The average Bonchev–Trinajstić information content (AvgIpc) is 3.74. The molecule has 5 heteroatoms. The Balaban J connectivity index is 0.000000186. The number of fused-ring (bicyclic) bond motifs is 7. The van der Waals surface area contributed by atoms with Crippen LogP contribution in [0.25, 0.3) is 49.4 Å². The van der Waals surface area contributed by atoms with Gasteiger partial charge in [-0.1, -0.05) is 78.2 Å². The second-order valence-corrected chi connectivity index (χ2v) is 12.6. The molecule has 1 aliphatic rings. The number of hydrogen-bond acceptors (Lipinski definition) is 3. The van der Waals surface area contributed by atoms with E-state index in [0.29, 0.717) is 6.04 Å². The fourth-order valence-corrected chi connectivity index (χ4v) is 6.65. The molecule has 0 aliphatic carbocycles. The Labute approximate surface area is 290 Å². The fourth-order valence-electron chi connectivity index (χ4n) is 6.65. The van der Waals surface area contributed by atoms with E-state index < -0.39 is 0 Å². The van der Waals surface area contributed by atoms with E-state index in [9.17, 15) is 0 Å². The van der Waals surface area contributed by atoms with Crippen molar-refractivity contribution in [3.8, 4) is 11.3 Å². The van der Waals surface area contributed by atoms with E-state index in [1.54, 1.807) is 0 Å². The normalized spacial score (nSPS) is 12.6. The first kappa shape index (κ1) is 30.9. The first-order chi connectivity index (χ1) is 22.4. The minimum Gasteiger partial charge on any atom is -0.499 e. The van der Waals surface area contributed by atoms with Gasteiger partial charge in [0.1, 0.15) is 0 Å². The van der Waals surface area contributed by atoms with Crippen LogP contribution in [0.5, 0.6) is 0 Å². The van der Waals surface area contributed by atoms with Crippen LogP contribution >= 0.6 is 0 Å². The second kappa shape index (κ2) is 12.1. The number of nitrogens with zero attached hydrogens (tertiary/aromatic N) is 4. The molecule has 0 atom stereocenters. The summed E-state index contributed by atoms with van der Waals surface area (Å²) in [5, 5.41) is 5.06. The molecule has 1 aliphatic heterocycles. The SMILES string of the molecule is CC(C)N1[CH-]N(c2[c-]c3c4cccc5c6ccccc6n(c3cc2)c45)c2ccccc21.Cc1c[c-]c(-c2cc(C)c(C)cn2)cc1.[Ir+3]. The van der Waals surface area contributed by atoms with Gasteiger partial charge in [-0.05, 0) is 74.1 Å². The monoisotopic (exact) mass is 788 g/mol. The molecule has 0 saturated heterocycles. The van der Waals surface area contributed by atoms with Crippen molar-refractivity contribution >= 4 is 55.2 Å². The third-order valence-corrected chi connectivity index (χ3v) is 9.21. The molecule has 5 aromatic carbocycles. The van der Waals surface area contributed by atoms with Gasteiger partial charge < -0.3 is 19.2 Å². The predicted molar refractivity (Wildman–Crippen MR) is 193 cm³/mol. The van der Waals surface area contributed by atoms with E-state index in [2.05, 4.69) is 170 Å². The summed E-state index contributed by atoms with van der Waals surface area (Å²) in [7, 11) is 0. The van der Waals surface area contributed by atoms with Crippen LogP contribution in [0.2, 0.25) is 0 Å². The maximum atomic E-state index is 4.41. The van der Waals surface area contributed by atoms with Crippen LogP contribution in [0.3, 0.4) is 0 Å². The van der Waals surface area contributed by atoms with E-state index in [1.807, 2.05) is 12.3 Å². The minimum absolute atomic E-state index is 0. The maximum absolute atomic E-state index is 4.41. The molecule has 232 valence electrons. The molecule has 0 amide bonds. The molecule has 0 N–H and O–H groups in total. The molecule has 4 heterocycles. The summed E-state index contributed by atoms with van der Waals surface area (Å²) >= 11 is 0. The number of aromatic nitrogens is 2. The van der Waals surface area contributed by atoms with Crippen molar-refractivity contribution in [1.82, 2.24) is 9.38 Å². The first-order valence-electron chi connectivity index (χ1n) is 15.9. The predicted octanol–water partition coefficient (Wildman–Crippen LogP) is 10.6. The van der Waals surface area contributed by atoms with Crippen LogP contribution in [0.4, 0.5) is 17.1 Å². The van der Waals surface area contributed by atoms with Gasteiger partial charge in [-0.3, -0.25) is 0 Å². The Bertz CT molecular complexity index is 2370. The summed E-state index contributed by atoms with van der Waals surface area (Å²) in [6.45, 7) is 12.9. The molecule has 0 bridgehead atoms. The van der Waals surface area contributed by atoms with Gasteiger partial charge in [0.25, 0.3) is 0 Å². The molecule has 4 nitrogen and oxygen atoms in total. The summed E-state index contributed by atoms with van der Waals surface area (Å²) in [6.07, 6.45) is 1.92. The summed E-state index contributed by atoms with van der Waals surface area (Å²) in [5.74, 6) is 0. The Hall–Kier alpha value is -4.70. The van der Waals surface area contributed by atoms with E-state index in [1.165, 1.54) is 66.2 Å². The zero-order chi connectivity index (χ0) is 31.5. The third kappa shape index (κ3) is 5.15. The van der Waals surface area contributed by atoms with Crippen molar-refractivity contribution in [2.45, 2.75) is 40.7 Å². The average molecular weight is 788 g/mol. The van der Waals surface area contributed by atoms with Crippen LogP contribution in [0.15, 0.2) is 109 Å². The van der Waals surface area contributed by atoms with Crippen LogP contribution in [0.1, 0.15) is 30.5 Å². The molecular weight excluding hydrogens is 753 g/mol. The molecule has 0 radical (unpaired) electrons. The molecule has 0 unspecified atom stereocenters. The fraction of sp³-hybridized carbons (Fsp3) is 0.143. The van der Waals surface area contributed by atoms with Gasteiger partial charge in [-0.2, -0.15) is 6.67 Å². The third-order valence-electron chi connectivity index (χ3n) is 9.21. The zero-order valence-corrected chi connectivity index (χ0v) is 29.6. The minimum atomic E-state index is 0. The summed E-state index contributed by atoms with van der Waals surface area (Å²) in [5.41, 5.74) is 13.1. The van der Waals surface area contributed by atoms with Gasteiger partial charge in [0.15, 0.2) is 0 Å². The van der Waals surface area contributed by atoms with Crippen molar-refractivity contribution in [2.75, 3.05) is 9.80 Å².